The minimum absolute atomic E-state index is 0.600. The third-order valence-electron chi connectivity index (χ3n) is 1.78. The van der Waals surface area contributed by atoms with Gasteiger partial charge in [0.2, 0.25) is 0 Å². The van der Waals surface area contributed by atoms with Crippen LogP contribution < -0.4 is 0 Å². The molecule has 6 nitrogen and oxygen atoms in total. The van der Waals surface area contributed by atoms with Gasteiger partial charge in [0.05, 0.1) is 7.11 Å². The number of carboxylic acid groups (broad SMARTS) is 1. The van der Waals surface area contributed by atoms with Crippen LogP contribution in [0.3, 0.4) is 0 Å². The third-order valence-corrected chi connectivity index (χ3v) is 3.94. The molecule has 0 aromatic carbocycles. The Morgan fingerprint density at radius 2 is 1.80 bits per heavy atom. The standard InChI is InChI=1S/C8H14O6S/c1-5(2)7(8(10)11)15(12,13)4-6(9)14-3/h5,7H,4H2,1-3H3,(H,10,11). The van der Waals surface area contributed by atoms with Crippen LogP contribution in [-0.2, 0) is 24.2 Å². The van der Waals surface area contributed by atoms with Gasteiger partial charge in [-0.2, -0.15) is 0 Å². The first kappa shape index (κ1) is 13.9. The van der Waals surface area contributed by atoms with Crippen molar-refractivity contribution in [1.82, 2.24) is 0 Å². The molecule has 0 radical (unpaired) electrons. The highest BCUT2D eigenvalue weighted by atomic mass is 32.2. The van der Waals surface area contributed by atoms with Crippen molar-refractivity contribution < 1.29 is 27.9 Å². The molecule has 0 aromatic heterocycles. The number of hydrogen-bond donors (Lipinski definition) is 1. The number of hydrogen-bond acceptors (Lipinski definition) is 5. The zero-order valence-corrected chi connectivity index (χ0v) is 9.58. The Morgan fingerprint density at radius 3 is 2.07 bits per heavy atom. The fraction of sp³-hybridized carbons (Fsp3) is 0.750. The van der Waals surface area contributed by atoms with Crippen molar-refractivity contribution in [3.05, 3.63) is 0 Å². The lowest BCUT2D eigenvalue weighted by Crippen LogP contribution is -2.38. The molecule has 0 saturated carbocycles. The fourth-order valence-corrected chi connectivity index (χ4v) is 2.93. The zero-order valence-electron chi connectivity index (χ0n) is 8.76. The molecule has 1 unspecified atom stereocenters. The third kappa shape index (κ3) is 3.86. The molecule has 0 bridgehead atoms. The summed E-state index contributed by atoms with van der Waals surface area (Å²) in [5.41, 5.74) is 0. The van der Waals surface area contributed by atoms with Gasteiger partial charge in [0.1, 0.15) is 5.75 Å². The van der Waals surface area contributed by atoms with Gasteiger partial charge < -0.3 is 9.84 Å². The highest BCUT2D eigenvalue weighted by Crippen LogP contribution is 2.14. The summed E-state index contributed by atoms with van der Waals surface area (Å²) in [6.45, 7) is 2.93. The molecular weight excluding hydrogens is 224 g/mol. The number of aliphatic carboxylic acids is 1. The minimum atomic E-state index is -4.01. The molecule has 0 aliphatic carbocycles. The molecule has 7 heteroatoms. The van der Waals surface area contributed by atoms with E-state index in [1.54, 1.807) is 0 Å². The van der Waals surface area contributed by atoms with Gasteiger partial charge in [-0.1, -0.05) is 13.8 Å². The SMILES string of the molecule is COC(=O)CS(=O)(=O)C(C(=O)O)C(C)C. The summed E-state index contributed by atoms with van der Waals surface area (Å²) in [4.78, 5) is 21.5. The first-order valence-electron chi connectivity index (χ1n) is 4.23. The van der Waals surface area contributed by atoms with Crippen LogP contribution in [0.4, 0.5) is 0 Å². The quantitative estimate of drug-likeness (QED) is 0.659. The summed E-state index contributed by atoms with van der Waals surface area (Å²) < 4.78 is 27.2. The molecule has 0 aliphatic heterocycles. The number of methoxy groups -OCH3 is 1. The average molecular weight is 238 g/mol. The van der Waals surface area contributed by atoms with E-state index in [0.717, 1.165) is 7.11 Å². The Hall–Kier alpha value is -1.11. The van der Waals surface area contributed by atoms with Crippen LogP contribution in [0.25, 0.3) is 0 Å². The molecule has 15 heavy (non-hydrogen) atoms. The predicted molar refractivity (Wildman–Crippen MR) is 52.1 cm³/mol. The second kappa shape index (κ2) is 5.11. The van der Waals surface area contributed by atoms with E-state index in [-0.39, 0.29) is 0 Å². The molecule has 0 aliphatic rings. The maximum absolute atomic E-state index is 11.5. The van der Waals surface area contributed by atoms with Crippen molar-refractivity contribution in [2.24, 2.45) is 5.92 Å². The maximum atomic E-state index is 11.5. The molecule has 1 atom stereocenters. The summed E-state index contributed by atoms with van der Waals surface area (Å²) in [6.07, 6.45) is 0. The van der Waals surface area contributed by atoms with Crippen molar-refractivity contribution in [3.63, 3.8) is 0 Å². The fourth-order valence-electron chi connectivity index (χ4n) is 1.17. The van der Waals surface area contributed by atoms with Crippen molar-refractivity contribution in [1.29, 1.82) is 0 Å². The van der Waals surface area contributed by atoms with Crippen LogP contribution in [-0.4, -0.2) is 43.6 Å². The Balaban J connectivity index is 4.98. The smallest absolute Gasteiger partial charge is 0.322 e. The zero-order chi connectivity index (χ0) is 12.2. The Bertz CT molecular complexity index is 342. The number of ether oxygens (including phenoxy) is 1. The number of rotatable bonds is 5. The molecule has 0 rings (SSSR count). The monoisotopic (exact) mass is 238 g/mol. The van der Waals surface area contributed by atoms with Gasteiger partial charge in [-0.3, -0.25) is 9.59 Å². The summed E-state index contributed by atoms with van der Waals surface area (Å²) in [7, 11) is -2.96. The Kier molecular flexibility index (Phi) is 4.73. The first-order chi connectivity index (χ1) is 6.72. The lowest BCUT2D eigenvalue weighted by Gasteiger charge is -2.15. The number of carbonyl (C=O) groups excluding carboxylic acids is 1. The normalized spacial score (nSPS) is 13.6. The topological polar surface area (TPSA) is 97.7 Å². The van der Waals surface area contributed by atoms with E-state index < -0.39 is 38.7 Å². The summed E-state index contributed by atoms with van der Waals surface area (Å²) in [5, 5.41) is 7.16. The van der Waals surface area contributed by atoms with Crippen molar-refractivity contribution >= 4 is 21.8 Å². The second-order valence-corrected chi connectivity index (χ2v) is 5.51. The number of sulfone groups is 1. The average Bonchev–Trinajstić information content (AvgIpc) is 2.00. The lowest BCUT2D eigenvalue weighted by molar-refractivity contribution is -0.137. The van der Waals surface area contributed by atoms with Crippen molar-refractivity contribution in [2.75, 3.05) is 12.9 Å². The van der Waals surface area contributed by atoms with Gasteiger partial charge in [-0.25, -0.2) is 8.42 Å². The highest BCUT2D eigenvalue weighted by Gasteiger charge is 2.36. The Morgan fingerprint density at radius 1 is 1.33 bits per heavy atom. The van der Waals surface area contributed by atoms with Crippen molar-refractivity contribution in [3.8, 4) is 0 Å². The summed E-state index contributed by atoms with van der Waals surface area (Å²) in [6, 6.07) is 0. The molecule has 1 N–H and O–H groups in total. The molecular formula is C8H14O6S. The molecule has 0 aromatic rings. The van der Waals surface area contributed by atoms with Crippen LogP contribution in [0.2, 0.25) is 0 Å². The van der Waals surface area contributed by atoms with E-state index in [9.17, 15) is 18.0 Å². The second-order valence-electron chi connectivity index (χ2n) is 3.39. The minimum Gasteiger partial charge on any atom is -0.480 e. The van der Waals surface area contributed by atoms with Crippen LogP contribution in [0.1, 0.15) is 13.8 Å². The van der Waals surface area contributed by atoms with Crippen LogP contribution in [0.5, 0.6) is 0 Å². The van der Waals surface area contributed by atoms with E-state index >= 15 is 0 Å². The predicted octanol–water partition coefficient (Wildman–Crippen LogP) is -0.317. The highest BCUT2D eigenvalue weighted by molar-refractivity contribution is 7.93. The van der Waals surface area contributed by atoms with Gasteiger partial charge in [-0.05, 0) is 5.92 Å². The number of carboxylic acids is 1. The first-order valence-corrected chi connectivity index (χ1v) is 5.95. The van der Waals surface area contributed by atoms with Gasteiger partial charge in [0.25, 0.3) is 0 Å². The van der Waals surface area contributed by atoms with Crippen LogP contribution >= 0.6 is 0 Å². The van der Waals surface area contributed by atoms with E-state index in [1.165, 1.54) is 13.8 Å². The van der Waals surface area contributed by atoms with Gasteiger partial charge >= 0.3 is 11.9 Å². The summed E-state index contributed by atoms with van der Waals surface area (Å²) in [5.74, 6) is -3.91. The lowest BCUT2D eigenvalue weighted by atomic mass is 10.1. The van der Waals surface area contributed by atoms with Crippen LogP contribution in [0.15, 0.2) is 0 Å². The number of carbonyl (C=O) groups is 2. The van der Waals surface area contributed by atoms with Crippen molar-refractivity contribution in [2.45, 2.75) is 19.1 Å². The molecule has 0 fully saturated rings. The van der Waals surface area contributed by atoms with E-state index in [2.05, 4.69) is 4.74 Å². The molecule has 0 heterocycles. The summed E-state index contributed by atoms with van der Waals surface area (Å²) >= 11 is 0. The van der Waals surface area contributed by atoms with E-state index in [1.807, 2.05) is 0 Å². The van der Waals surface area contributed by atoms with Crippen LogP contribution in [0, 0.1) is 5.92 Å². The van der Waals surface area contributed by atoms with Gasteiger partial charge in [0, 0.05) is 0 Å². The molecule has 0 saturated heterocycles. The number of esters is 1. The van der Waals surface area contributed by atoms with E-state index in [0.29, 0.717) is 0 Å². The van der Waals surface area contributed by atoms with Gasteiger partial charge in [-0.15, -0.1) is 0 Å². The molecule has 88 valence electrons. The maximum Gasteiger partial charge on any atom is 0.322 e. The largest absolute Gasteiger partial charge is 0.480 e. The van der Waals surface area contributed by atoms with Gasteiger partial charge in [0.15, 0.2) is 15.1 Å². The Labute approximate surface area is 88.2 Å². The van der Waals surface area contributed by atoms with E-state index in [4.69, 9.17) is 5.11 Å². The molecule has 0 amide bonds. The molecule has 0 spiro atoms.